The van der Waals surface area contributed by atoms with Gasteiger partial charge in [-0.3, -0.25) is 9.59 Å². The third-order valence-corrected chi connectivity index (χ3v) is 5.32. The number of benzene rings is 1. The first-order valence-corrected chi connectivity index (χ1v) is 9.30. The van der Waals surface area contributed by atoms with Crippen LogP contribution in [0.15, 0.2) is 36.7 Å². The molecule has 0 spiro atoms. The van der Waals surface area contributed by atoms with Crippen LogP contribution in [0, 0.1) is 0 Å². The van der Waals surface area contributed by atoms with Crippen LogP contribution < -0.4 is 4.90 Å². The standard InChI is InChI=1S/C20H23N5O2/c1-15(26)23-8-10-24(11-9-23)20(27)18-12-22-19(13-21-18)25-7-6-16-4-2-3-5-17(16)14-25/h2-5,12-13H,6-11,14H2,1H3. The molecule has 0 bridgehead atoms. The average Bonchev–Trinajstić information content (AvgIpc) is 2.73. The van der Waals surface area contributed by atoms with Crippen LogP contribution in [-0.2, 0) is 17.8 Å². The van der Waals surface area contributed by atoms with Gasteiger partial charge in [0.2, 0.25) is 5.91 Å². The van der Waals surface area contributed by atoms with E-state index in [0.29, 0.717) is 31.9 Å². The monoisotopic (exact) mass is 365 g/mol. The highest BCUT2D eigenvalue weighted by Gasteiger charge is 2.24. The normalized spacial score (nSPS) is 16.9. The Morgan fingerprint density at radius 3 is 2.26 bits per heavy atom. The minimum absolute atomic E-state index is 0.0503. The number of hydrogen-bond donors (Lipinski definition) is 0. The summed E-state index contributed by atoms with van der Waals surface area (Å²) < 4.78 is 0. The molecule has 0 atom stereocenters. The van der Waals surface area contributed by atoms with Crippen LogP contribution in [0.25, 0.3) is 0 Å². The fourth-order valence-electron chi connectivity index (χ4n) is 3.67. The number of amides is 2. The first-order chi connectivity index (χ1) is 13.1. The number of hydrogen-bond acceptors (Lipinski definition) is 5. The lowest BCUT2D eigenvalue weighted by Crippen LogP contribution is -2.50. The maximum absolute atomic E-state index is 12.6. The van der Waals surface area contributed by atoms with Gasteiger partial charge in [-0.2, -0.15) is 0 Å². The number of rotatable bonds is 2. The maximum atomic E-state index is 12.6. The molecule has 0 saturated carbocycles. The molecule has 2 aliphatic rings. The van der Waals surface area contributed by atoms with Gasteiger partial charge in [-0.05, 0) is 17.5 Å². The summed E-state index contributed by atoms with van der Waals surface area (Å²) in [5, 5.41) is 0. The molecule has 2 amide bonds. The fraction of sp³-hybridized carbons (Fsp3) is 0.400. The number of anilines is 1. The van der Waals surface area contributed by atoms with E-state index in [2.05, 4.69) is 39.1 Å². The zero-order valence-corrected chi connectivity index (χ0v) is 15.5. The second kappa shape index (κ2) is 7.34. The number of nitrogens with zero attached hydrogens (tertiary/aromatic N) is 5. The van der Waals surface area contributed by atoms with Gasteiger partial charge >= 0.3 is 0 Å². The smallest absolute Gasteiger partial charge is 0.274 e. The van der Waals surface area contributed by atoms with Crippen molar-refractivity contribution in [2.45, 2.75) is 19.9 Å². The topological polar surface area (TPSA) is 69.6 Å². The van der Waals surface area contributed by atoms with Crippen LogP contribution in [0.2, 0.25) is 0 Å². The third kappa shape index (κ3) is 3.63. The highest BCUT2D eigenvalue weighted by Crippen LogP contribution is 2.22. The summed E-state index contributed by atoms with van der Waals surface area (Å²) in [6, 6.07) is 8.45. The Bertz CT molecular complexity index is 844. The van der Waals surface area contributed by atoms with Crippen LogP contribution in [0.4, 0.5) is 5.82 Å². The molecular formula is C20H23N5O2. The van der Waals surface area contributed by atoms with E-state index in [0.717, 1.165) is 25.3 Å². The molecule has 0 unspecified atom stereocenters. The fourth-order valence-corrected chi connectivity index (χ4v) is 3.67. The van der Waals surface area contributed by atoms with E-state index in [1.165, 1.54) is 11.1 Å². The zero-order valence-electron chi connectivity index (χ0n) is 15.5. The molecule has 0 radical (unpaired) electrons. The van der Waals surface area contributed by atoms with E-state index in [1.54, 1.807) is 29.1 Å². The van der Waals surface area contributed by atoms with E-state index in [4.69, 9.17) is 0 Å². The highest BCUT2D eigenvalue weighted by molar-refractivity contribution is 5.92. The summed E-state index contributed by atoms with van der Waals surface area (Å²) in [5.74, 6) is 0.720. The molecule has 0 N–H and O–H groups in total. The lowest BCUT2D eigenvalue weighted by Gasteiger charge is -2.34. The van der Waals surface area contributed by atoms with E-state index < -0.39 is 0 Å². The number of aromatic nitrogens is 2. The quantitative estimate of drug-likeness (QED) is 0.803. The van der Waals surface area contributed by atoms with Crippen LogP contribution in [-0.4, -0.2) is 64.3 Å². The molecular weight excluding hydrogens is 342 g/mol. The minimum atomic E-state index is -0.124. The lowest BCUT2D eigenvalue weighted by molar-refractivity contribution is -0.130. The molecule has 27 heavy (non-hydrogen) atoms. The van der Waals surface area contributed by atoms with Gasteiger partial charge in [-0.1, -0.05) is 24.3 Å². The van der Waals surface area contributed by atoms with E-state index in [9.17, 15) is 9.59 Å². The van der Waals surface area contributed by atoms with Crippen LogP contribution in [0.1, 0.15) is 28.5 Å². The van der Waals surface area contributed by atoms with Gasteiger partial charge in [0.05, 0.1) is 12.4 Å². The Hall–Kier alpha value is -2.96. The second-order valence-corrected chi connectivity index (χ2v) is 7.00. The van der Waals surface area contributed by atoms with E-state index in [-0.39, 0.29) is 11.8 Å². The highest BCUT2D eigenvalue weighted by atomic mass is 16.2. The molecule has 0 aliphatic carbocycles. The maximum Gasteiger partial charge on any atom is 0.274 e. The van der Waals surface area contributed by atoms with Gasteiger partial charge in [0.15, 0.2) is 0 Å². The zero-order chi connectivity index (χ0) is 18.8. The molecule has 2 aliphatic heterocycles. The van der Waals surface area contributed by atoms with Gasteiger partial charge in [-0.25, -0.2) is 9.97 Å². The van der Waals surface area contributed by atoms with Crippen LogP contribution in [0.3, 0.4) is 0 Å². The molecule has 1 saturated heterocycles. The first kappa shape index (κ1) is 17.5. The van der Waals surface area contributed by atoms with Crippen molar-refractivity contribution < 1.29 is 9.59 Å². The Morgan fingerprint density at radius 1 is 0.889 bits per heavy atom. The van der Waals surface area contributed by atoms with Gasteiger partial charge < -0.3 is 14.7 Å². The number of piperazine rings is 1. The molecule has 140 valence electrons. The summed E-state index contributed by atoms with van der Waals surface area (Å²) in [6.07, 6.45) is 4.24. The van der Waals surface area contributed by atoms with Gasteiger partial charge in [0.25, 0.3) is 5.91 Å². The molecule has 1 aromatic heterocycles. The van der Waals surface area contributed by atoms with Crippen molar-refractivity contribution in [2.75, 3.05) is 37.6 Å². The van der Waals surface area contributed by atoms with Crippen molar-refractivity contribution in [3.63, 3.8) is 0 Å². The minimum Gasteiger partial charge on any atom is -0.351 e. The van der Waals surface area contributed by atoms with Crippen LogP contribution in [0.5, 0.6) is 0 Å². The van der Waals surface area contributed by atoms with Crippen LogP contribution >= 0.6 is 0 Å². The molecule has 2 aromatic rings. The first-order valence-electron chi connectivity index (χ1n) is 9.30. The lowest BCUT2D eigenvalue weighted by atomic mass is 10.0. The van der Waals surface area contributed by atoms with Gasteiger partial charge in [-0.15, -0.1) is 0 Å². The predicted octanol–water partition coefficient (Wildman–Crippen LogP) is 1.34. The second-order valence-electron chi connectivity index (χ2n) is 7.00. The average molecular weight is 365 g/mol. The van der Waals surface area contributed by atoms with Crippen molar-refractivity contribution in [3.05, 3.63) is 53.5 Å². The predicted molar refractivity (Wildman–Crippen MR) is 101 cm³/mol. The van der Waals surface area contributed by atoms with Gasteiger partial charge in [0, 0.05) is 46.2 Å². The largest absolute Gasteiger partial charge is 0.351 e. The van der Waals surface area contributed by atoms with Crippen molar-refractivity contribution in [1.82, 2.24) is 19.8 Å². The molecule has 1 aromatic carbocycles. The van der Waals surface area contributed by atoms with Crippen molar-refractivity contribution >= 4 is 17.6 Å². The summed E-state index contributed by atoms with van der Waals surface area (Å²) in [4.78, 5) is 38.6. The third-order valence-electron chi connectivity index (χ3n) is 5.32. The Labute approximate surface area is 158 Å². The van der Waals surface area contributed by atoms with Crippen molar-refractivity contribution in [2.24, 2.45) is 0 Å². The van der Waals surface area contributed by atoms with Crippen molar-refractivity contribution in [1.29, 1.82) is 0 Å². The Kier molecular flexibility index (Phi) is 4.75. The Balaban J connectivity index is 1.41. The van der Waals surface area contributed by atoms with E-state index in [1.807, 2.05) is 0 Å². The summed E-state index contributed by atoms with van der Waals surface area (Å²) >= 11 is 0. The van der Waals surface area contributed by atoms with E-state index >= 15 is 0 Å². The SMILES string of the molecule is CC(=O)N1CCN(C(=O)c2cnc(N3CCc4ccccc4C3)cn2)CC1. The summed E-state index contributed by atoms with van der Waals surface area (Å²) in [6.45, 7) is 5.47. The molecule has 7 heteroatoms. The number of carbonyl (C=O) groups excluding carboxylic acids is 2. The summed E-state index contributed by atoms with van der Waals surface area (Å²) in [7, 11) is 0. The molecule has 4 rings (SSSR count). The molecule has 7 nitrogen and oxygen atoms in total. The van der Waals surface area contributed by atoms with Crippen molar-refractivity contribution in [3.8, 4) is 0 Å². The molecule has 3 heterocycles. The van der Waals surface area contributed by atoms with Gasteiger partial charge in [0.1, 0.15) is 11.5 Å². The number of fused-ring (bicyclic) bond motifs is 1. The molecule has 1 fully saturated rings. The Morgan fingerprint density at radius 2 is 1.59 bits per heavy atom. The number of carbonyl (C=O) groups is 2. The summed E-state index contributed by atoms with van der Waals surface area (Å²) in [5.41, 5.74) is 3.06.